The smallest absolute Gasteiger partial charge is 0.322 e. The number of hydrogen-bond acceptors (Lipinski definition) is 6. The molecule has 10 nitrogen and oxygen atoms in total. The van der Waals surface area contributed by atoms with Crippen LogP contribution in [0.1, 0.15) is 22.8 Å². The molecule has 10 heteroatoms. The topological polar surface area (TPSA) is 134 Å². The van der Waals surface area contributed by atoms with Crippen LogP contribution in [0.4, 0.5) is 21.9 Å². The van der Waals surface area contributed by atoms with Crippen LogP contribution in [0, 0.1) is 10.1 Å². The molecule has 3 N–H and O–H groups in total. The Labute approximate surface area is 166 Å². The molecule has 1 heterocycles. The van der Waals surface area contributed by atoms with Gasteiger partial charge < -0.3 is 15.5 Å². The Kier molecular flexibility index (Phi) is 4.93. The third kappa shape index (κ3) is 3.72. The van der Waals surface area contributed by atoms with Crippen molar-refractivity contribution in [3.63, 3.8) is 0 Å². The maximum atomic E-state index is 12.8. The van der Waals surface area contributed by atoms with Crippen LogP contribution in [0.15, 0.2) is 42.5 Å². The zero-order chi connectivity index (χ0) is 21.3. The molecular weight excluding hydrogens is 378 g/mol. The fraction of sp³-hybridized carbons (Fsp3) is 0.211. The average Bonchev–Trinajstić information content (AvgIpc) is 2.94. The van der Waals surface area contributed by atoms with Gasteiger partial charge >= 0.3 is 6.03 Å². The van der Waals surface area contributed by atoms with Crippen molar-refractivity contribution in [3.05, 3.63) is 63.7 Å². The van der Waals surface area contributed by atoms with Crippen molar-refractivity contribution in [2.24, 2.45) is 0 Å². The van der Waals surface area contributed by atoms with Crippen LogP contribution < -0.4 is 20.9 Å². The number of nitro benzene ring substituents is 1. The fourth-order valence-corrected chi connectivity index (χ4v) is 3.06. The Morgan fingerprint density at radius 2 is 1.90 bits per heavy atom. The quantitative estimate of drug-likeness (QED) is 0.401. The number of nitrogens with one attached hydrogen (secondary N) is 3. The van der Waals surface area contributed by atoms with Gasteiger partial charge in [-0.15, -0.1) is 0 Å². The van der Waals surface area contributed by atoms with Gasteiger partial charge in [-0.05, 0) is 30.7 Å². The molecule has 4 amide bonds. The molecule has 1 aliphatic heterocycles. The summed E-state index contributed by atoms with van der Waals surface area (Å²) in [4.78, 5) is 48.7. The summed E-state index contributed by atoms with van der Waals surface area (Å²) in [6.45, 7) is 1.55. The van der Waals surface area contributed by atoms with Crippen LogP contribution in [0.3, 0.4) is 0 Å². The van der Waals surface area contributed by atoms with E-state index in [4.69, 9.17) is 0 Å². The number of nitrogens with zero attached hydrogens (tertiary/aromatic N) is 2. The summed E-state index contributed by atoms with van der Waals surface area (Å²) in [6, 6.07) is 9.91. The maximum Gasteiger partial charge on any atom is 0.322 e. The SMILES string of the molecule is CN(C)c1ccc([N+](=O)[O-])cc1C(=O)Nc1cccc(C2(C)NC(=O)NC2=O)c1. The lowest BCUT2D eigenvalue weighted by Crippen LogP contribution is -2.40. The van der Waals surface area contributed by atoms with Crippen molar-refractivity contribution in [1.29, 1.82) is 0 Å². The van der Waals surface area contributed by atoms with Crippen LogP contribution in [0.25, 0.3) is 0 Å². The number of non-ortho nitro benzene ring substituents is 1. The molecule has 1 atom stereocenters. The Morgan fingerprint density at radius 3 is 2.48 bits per heavy atom. The van der Waals surface area contributed by atoms with Crippen LogP contribution in [0.5, 0.6) is 0 Å². The maximum absolute atomic E-state index is 12.8. The largest absolute Gasteiger partial charge is 0.377 e. The second-order valence-corrected chi connectivity index (χ2v) is 6.92. The molecule has 1 saturated heterocycles. The first-order valence-electron chi connectivity index (χ1n) is 8.63. The van der Waals surface area contributed by atoms with Gasteiger partial charge in [0.15, 0.2) is 0 Å². The molecule has 0 spiro atoms. The predicted molar refractivity (Wildman–Crippen MR) is 106 cm³/mol. The van der Waals surface area contributed by atoms with Gasteiger partial charge in [0.05, 0.1) is 10.5 Å². The minimum atomic E-state index is -1.27. The number of hydrogen-bond donors (Lipinski definition) is 3. The predicted octanol–water partition coefficient (Wildman–Crippen LogP) is 1.97. The molecular formula is C19H19N5O5. The van der Waals surface area contributed by atoms with Crippen molar-refractivity contribution in [2.75, 3.05) is 24.3 Å². The minimum absolute atomic E-state index is 0.132. The van der Waals surface area contributed by atoms with Gasteiger partial charge in [-0.3, -0.25) is 25.0 Å². The molecule has 2 aromatic carbocycles. The molecule has 0 saturated carbocycles. The molecule has 1 aliphatic rings. The van der Waals surface area contributed by atoms with E-state index in [9.17, 15) is 24.5 Å². The van der Waals surface area contributed by atoms with Crippen LogP contribution in [0.2, 0.25) is 0 Å². The lowest BCUT2D eigenvalue weighted by atomic mass is 9.92. The number of benzene rings is 2. The highest BCUT2D eigenvalue weighted by molar-refractivity contribution is 6.09. The summed E-state index contributed by atoms with van der Waals surface area (Å²) in [5.74, 6) is -1.04. The van der Waals surface area contributed by atoms with Crippen molar-refractivity contribution >= 4 is 34.9 Å². The summed E-state index contributed by atoms with van der Waals surface area (Å²) in [5.41, 5.74) is 0.0289. The van der Waals surface area contributed by atoms with E-state index in [1.165, 1.54) is 18.2 Å². The van der Waals surface area contributed by atoms with Crippen LogP contribution in [-0.2, 0) is 10.3 Å². The number of amides is 4. The van der Waals surface area contributed by atoms with Gasteiger partial charge in [-0.25, -0.2) is 4.79 Å². The van der Waals surface area contributed by atoms with Gasteiger partial charge in [0.2, 0.25) is 0 Å². The Morgan fingerprint density at radius 1 is 1.17 bits per heavy atom. The summed E-state index contributed by atoms with van der Waals surface area (Å²) >= 11 is 0. The fourth-order valence-electron chi connectivity index (χ4n) is 3.06. The third-order valence-electron chi connectivity index (χ3n) is 4.66. The highest BCUT2D eigenvalue weighted by Crippen LogP contribution is 2.28. The number of nitro groups is 1. The summed E-state index contributed by atoms with van der Waals surface area (Å²) in [6.07, 6.45) is 0. The number of rotatable bonds is 5. The van der Waals surface area contributed by atoms with E-state index in [-0.39, 0.29) is 11.3 Å². The first kappa shape index (κ1) is 19.8. The van der Waals surface area contributed by atoms with Gasteiger partial charge in [0, 0.05) is 37.6 Å². The number of urea groups is 1. The van der Waals surface area contributed by atoms with Gasteiger partial charge in [0.25, 0.3) is 17.5 Å². The standard InChI is InChI=1S/C19H19N5O5/c1-19(17(26)21-18(27)22-19)11-5-4-6-12(9-11)20-16(25)14-10-13(24(28)29)7-8-15(14)23(2)3/h4-10H,1-3H3,(H,20,25)(H2,21,22,26,27). The lowest BCUT2D eigenvalue weighted by Gasteiger charge is -2.22. The number of imide groups is 1. The third-order valence-corrected chi connectivity index (χ3v) is 4.66. The summed E-state index contributed by atoms with van der Waals surface area (Å²) < 4.78 is 0. The highest BCUT2D eigenvalue weighted by atomic mass is 16.6. The molecule has 150 valence electrons. The number of anilines is 2. The van der Waals surface area contributed by atoms with E-state index in [0.29, 0.717) is 16.9 Å². The van der Waals surface area contributed by atoms with Crippen LogP contribution in [-0.4, -0.2) is 36.9 Å². The van der Waals surface area contributed by atoms with Crippen LogP contribution >= 0.6 is 0 Å². The molecule has 29 heavy (non-hydrogen) atoms. The molecule has 3 rings (SSSR count). The Hall–Kier alpha value is -3.95. The average molecular weight is 397 g/mol. The second-order valence-electron chi connectivity index (χ2n) is 6.92. The van der Waals surface area contributed by atoms with Crippen molar-refractivity contribution < 1.29 is 19.3 Å². The molecule has 1 fully saturated rings. The minimum Gasteiger partial charge on any atom is -0.377 e. The van der Waals surface area contributed by atoms with E-state index < -0.39 is 28.3 Å². The molecule has 1 unspecified atom stereocenters. The summed E-state index contributed by atoms with van der Waals surface area (Å²) in [5, 5.41) is 18.5. The number of carbonyl (C=O) groups is 3. The van der Waals surface area contributed by atoms with Gasteiger partial charge in [-0.1, -0.05) is 12.1 Å². The van der Waals surface area contributed by atoms with Gasteiger partial charge in [-0.2, -0.15) is 0 Å². The van der Waals surface area contributed by atoms with E-state index in [1.54, 1.807) is 50.2 Å². The van der Waals surface area contributed by atoms with E-state index in [0.717, 1.165) is 0 Å². The highest BCUT2D eigenvalue weighted by Gasteiger charge is 2.43. The zero-order valence-corrected chi connectivity index (χ0v) is 16.0. The van der Waals surface area contributed by atoms with Crippen molar-refractivity contribution in [3.8, 4) is 0 Å². The normalized spacial score (nSPS) is 18.0. The zero-order valence-electron chi connectivity index (χ0n) is 16.0. The van der Waals surface area contributed by atoms with Crippen molar-refractivity contribution in [1.82, 2.24) is 10.6 Å². The Bertz CT molecular complexity index is 1040. The number of carbonyl (C=O) groups excluding carboxylic acids is 3. The molecule has 0 bridgehead atoms. The molecule has 2 aromatic rings. The first-order chi connectivity index (χ1) is 13.6. The first-order valence-corrected chi connectivity index (χ1v) is 8.63. The summed E-state index contributed by atoms with van der Waals surface area (Å²) in [7, 11) is 3.45. The monoisotopic (exact) mass is 397 g/mol. The van der Waals surface area contributed by atoms with E-state index in [1.807, 2.05) is 0 Å². The van der Waals surface area contributed by atoms with Gasteiger partial charge in [0.1, 0.15) is 5.54 Å². The molecule has 0 aromatic heterocycles. The van der Waals surface area contributed by atoms with Crippen molar-refractivity contribution in [2.45, 2.75) is 12.5 Å². The lowest BCUT2D eigenvalue weighted by molar-refractivity contribution is -0.384. The second kappa shape index (κ2) is 7.23. The molecule has 0 aliphatic carbocycles. The molecule has 0 radical (unpaired) electrons. The van der Waals surface area contributed by atoms with E-state index >= 15 is 0 Å². The Balaban J connectivity index is 1.93. The van der Waals surface area contributed by atoms with E-state index in [2.05, 4.69) is 16.0 Å².